The van der Waals surface area contributed by atoms with Crippen molar-refractivity contribution < 1.29 is 82.6 Å². The summed E-state index contributed by atoms with van der Waals surface area (Å²) in [5, 5.41) is 10.6. The van der Waals surface area contributed by atoms with Crippen LogP contribution in [0.3, 0.4) is 0 Å². The molecule has 2 nitrogen and oxygen atoms in total. The van der Waals surface area contributed by atoms with E-state index in [0.717, 1.165) is 10.8 Å². The van der Waals surface area contributed by atoms with Gasteiger partial charge in [0.25, 0.3) is 0 Å². The van der Waals surface area contributed by atoms with E-state index < -0.39 is 5.97 Å². The normalized spacial score (nSPS) is 8.80. The molecule has 0 unspecified atom stereocenters. The Morgan fingerprint density at radius 2 is 1.67 bits per heavy atom. The van der Waals surface area contributed by atoms with E-state index in [4.69, 9.17) is 5.11 Å². The van der Waals surface area contributed by atoms with Crippen LogP contribution in [0.4, 0.5) is 0 Å². The summed E-state index contributed by atoms with van der Waals surface area (Å²) in [4.78, 5) is 10.8. The molecule has 0 aliphatic carbocycles. The molecule has 0 aliphatic heterocycles. The Labute approximate surface area is 145 Å². The number of benzene rings is 2. The van der Waals surface area contributed by atoms with Gasteiger partial charge in [-0.05, 0) is 16.8 Å². The summed E-state index contributed by atoms with van der Waals surface area (Å²) in [6.07, 6.45) is 0. The Morgan fingerprint density at radius 3 is 2.33 bits per heavy atom. The zero-order chi connectivity index (χ0) is 9.26. The quantitative estimate of drug-likeness (QED) is 0.724. The average Bonchev–Trinajstić information content (AvgIpc) is 2.17. The van der Waals surface area contributed by atoms with Crippen molar-refractivity contribution in [3.05, 3.63) is 48.0 Å². The molecule has 2 aromatic carbocycles. The molecule has 15 heavy (non-hydrogen) atoms. The maximum absolute atomic E-state index is 10.8. The van der Waals surface area contributed by atoms with E-state index in [2.05, 4.69) is 0 Å². The van der Waals surface area contributed by atoms with Crippen molar-refractivity contribution in [2.45, 2.75) is 0 Å². The minimum Gasteiger partial charge on any atom is -1.00 e. The number of carboxylic acids is 1. The largest absolute Gasteiger partial charge is 1.00 e. The molecule has 0 saturated carbocycles. The van der Waals surface area contributed by atoms with E-state index >= 15 is 0 Å². The van der Waals surface area contributed by atoms with Crippen LogP contribution in [0, 0.1) is 41.7 Å². The van der Waals surface area contributed by atoms with Crippen LogP contribution in [-0.2, 0) is 0 Å². The number of hydrogen-bond acceptors (Lipinski definition) is 1. The molecule has 0 radical (unpaired) electrons. The summed E-state index contributed by atoms with van der Waals surface area (Å²) in [7, 11) is 0. The van der Waals surface area contributed by atoms with Crippen molar-refractivity contribution in [2.75, 3.05) is 0 Å². The predicted molar refractivity (Wildman–Crippen MR) is 52.0 cm³/mol. The maximum Gasteiger partial charge on any atom is 1.00 e. The van der Waals surface area contributed by atoms with Crippen molar-refractivity contribution in [1.29, 1.82) is 0 Å². The third-order valence-electron chi connectivity index (χ3n) is 2.02. The molecule has 0 amide bonds. The molecule has 0 aromatic heterocycles. The van der Waals surface area contributed by atoms with Crippen molar-refractivity contribution in [3.8, 4) is 0 Å². The molecule has 0 fully saturated rings. The number of carbonyl (C=O) groups is 1. The molecule has 2 rings (SSSR count). The first-order chi connectivity index (χ1) is 6.29. The van der Waals surface area contributed by atoms with E-state index in [-0.39, 0.29) is 72.7 Å². The molecule has 1 N–H and O–H groups in total. The fraction of sp³-hybridized carbons (Fsp3) is 0. The van der Waals surface area contributed by atoms with Gasteiger partial charge in [0.05, 0.1) is 5.56 Å². The second kappa shape index (κ2) is 6.99. The maximum atomic E-state index is 10.8. The van der Waals surface area contributed by atoms with Crippen LogP contribution in [0.15, 0.2) is 42.5 Å². The number of aromatic carboxylic acids is 1. The fourth-order valence-electron chi connectivity index (χ4n) is 1.41. The Morgan fingerprint density at radius 1 is 1.07 bits per heavy atom. The van der Waals surface area contributed by atoms with Crippen LogP contribution in [0.2, 0.25) is 0 Å². The summed E-state index contributed by atoms with van der Waals surface area (Å²) in [5.41, 5.74) is 0.359. The first kappa shape index (κ1) is 15.5. The summed E-state index contributed by atoms with van der Waals surface area (Å²) >= 11 is 0. The number of fused-ring (bicyclic) bond motifs is 1. The van der Waals surface area contributed by atoms with Crippen molar-refractivity contribution >= 4 is 16.7 Å². The van der Waals surface area contributed by atoms with Gasteiger partial charge in [-0.2, -0.15) is 0 Å². The Kier molecular flexibility index (Phi) is 7.24. The van der Waals surface area contributed by atoms with E-state index in [1.54, 1.807) is 12.1 Å². The van der Waals surface area contributed by atoms with Gasteiger partial charge in [0, 0.05) is 41.7 Å². The van der Waals surface area contributed by atoms with Gasteiger partial charge in [-0.1, -0.05) is 36.4 Å². The zero-order valence-electron chi connectivity index (χ0n) is 9.40. The Balaban J connectivity index is 0. The molecule has 2 aromatic rings. The van der Waals surface area contributed by atoms with Crippen LogP contribution in [0.25, 0.3) is 10.8 Å². The molecule has 0 bridgehead atoms. The predicted octanol–water partition coefficient (Wildman–Crippen LogP) is -0.345. The molecule has 0 aliphatic rings. The van der Waals surface area contributed by atoms with Gasteiger partial charge in [0.2, 0.25) is 0 Å². The SMILES string of the molecule is O=C(O)c1cccc2ccccc12.[Ce].[H-].[Na+]. The second-order valence-corrected chi connectivity index (χ2v) is 2.83. The Hall–Kier alpha value is 0.547. The van der Waals surface area contributed by atoms with Gasteiger partial charge in [0.1, 0.15) is 0 Å². The zero-order valence-corrected chi connectivity index (χ0v) is 13.5. The smallest absolute Gasteiger partial charge is 1.00 e. The molecule has 70 valence electrons. The van der Waals surface area contributed by atoms with Crippen molar-refractivity contribution in [3.63, 3.8) is 0 Å². The summed E-state index contributed by atoms with van der Waals surface area (Å²) in [6, 6.07) is 12.7. The minimum atomic E-state index is -0.878. The van der Waals surface area contributed by atoms with Crippen LogP contribution in [0.5, 0.6) is 0 Å². The van der Waals surface area contributed by atoms with Crippen LogP contribution >= 0.6 is 0 Å². The van der Waals surface area contributed by atoms with Gasteiger partial charge in [0.15, 0.2) is 0 Å². The van der Waals surface area contributed by atoms with Crippen molar-refractivity contribution in [2.24, 2.45) is 0 Å². The van der Waals surface area contributed by atoms with E-state index in [1.807, 2.05) is 30.3 Å². The first-order valence-electron chi connectivity index (χ1n) is 4.00. The van der Waals surface area contributed by atoms with Crippen molar-refractivity contribution in [1.82, 2.24) is 0 Å². The topological polar surface area (TPSA) is 37.3 Å². The van der Waals surface area contributed by atoms with Gasteiger partial charge in [-0.3, -0.25) is 0 Å². The standard InChI is InChI=1S/C11H8O2.Ce.Na.H/c12-11(13)10-7-3-5-8-4-1-2-6-9(8)10;;;/h1-7H,(H,12,13);;;/q;;+1;-1. The molecule has 0 saturated heterocycles. The second-order valence-electron chi connectivity index (χ2n) is 2.83. The molecule has 4 heteroatoms. The van der Waals surface area contributed by atoms with Gasteiger partial charge >= 0.3 is 35.5 Å². The molecule has 0 heterocycles. The number of hydrogen-bond donors (Lipinski definition) is 1. The number of carboxylic acid groups (broad SMARTS) is 1. The van der Waals surface area contributed by atoms with E-state index in [1.165, 1.54) is 0 Å². The van der Waals surface area contributed by atoms with Crippen LogP contribution < -0.4 is 29.6 Å². The third-order valence-corrected chi connectivity index (χ3v) is 2.02. The van der Waals surface area contributed by atoms with Gasteiger partial charge < -0.3 is 6.53 Å². The van der Waals surface area contributed by atoms with Gasteiger partial charge in [-0.25, -0.2) is 4.79 Å². The molecular weight excluding hydrogens is 327 g/mol. The van der Waals surface area contributed by atoms with Crippen LogP contribution in [0.1, 0.15) is 11.8 Å². The van der Waals surface area contributed by atoms with E-state index in [0.29, 0.717) is 5.56 Å². The molecule has 0 atom stereocenters. The molecular formula is C11H9CeNaO2. The fourth-order valence-corrected chi connectivity index (χ4v) is 1.41. The Bertz CT molecular complexity index is 471. The summed E-state index contributed by atoms with van der Waals surface area (Å²) in [6.45, 7) is 0. The summed E-state index contributed by atoms with van der Waals surface area (Å²) in [5.74, 6) is -0.878. The third kappa shape index (κ3) is 3.51. The minimum absolute atomic E-state index is 0. The van der Waals surface area contributed by atoms with Gasteiger partial charge in [-0.15, -0.1) is 0 Å². The molecule has 0 spiro atoms. The average molecular weight is 336 g/mol. The van der Waals surface area contributed by atoms with Crippen LogP contribution in [-0.4, -0.2) is 11.1 Å². The van der Waals surface area contributed by atoms with E-state index in [9.17, 15) is 4.79 Å². The number of rotatable bonds is 1. The monoisotopic (exact) mass is 336 g/mol. The summed E-state index contributed by atoms with van der Waals surface area (Å²) < 4.78 is 0. The first-order valence-corrected chi connectivity index (χ1v) is 4.00.